The first kappa shape index (κ1) is 33.4. The standard InChI is InChI=1S/C21H29N4O13P.K/c1-9-4-24(20(31)22-17(9)29)15-3-12(28)14(36-15)8-35-39(33,34)38-16-11(6-26)19(37-13(16)7-27)25-5-10(2)18(30)23-21(25)32;/h4-5,11-16,19,26-28H,3,6-8H2,1-2H3,(H,33,34)(H,22,29,31)(H,23,30,32);/q;+1/p-1/t11-,12+,13-,14-,15-,16+,19-;/m1./s1. The SMILES string of the molecule is Cc1cn([C@H]2C[C@H](O)[C@@H](COP(=O)(O)O[C@H]3[C@@H](CO)[C@H](n4cc(C)c(=O)[nH]c4=O)O[C@@H]3CO)O2)c(=O)nc1[O-].[K+]. The number of rotatable bonds is 9. The molecule has 0 amide bonds. The van der Waals surface area contributed by atoms with Crippen LogP contribution in [0.15, 0.2) is 26.8 Å². The van der Waals surface area contributed by atoms with Crippen LogP contribution in [0.4, 0.5) is 0 Å². The zero-order valence-electron chi connectivity index (χ0n) is 21.8. The van der Waals surface area contributed by atoms with E-state index >= 15 is 0 Å². The number of aromatic nitrogens is 4. The fourth-order valence-corrected chi connectivity index (χ4v) is 5.47. The van der Waals surface area contributed by atoms with Gasteiger partial charge in [-0.1, -0.05) is 0 Å². The Morgan fingerprint density at radius 1 is 1.12 bits per heavy atom. The summed E-state index contributed by atoms with van der Waals surface area (Å²) in [5.41, 5.74) is -2.06. The van der Waals surface area contributed by atoms with E-state index in [9.17, 15) is 44.3 Å². The van der Waals surface area contributed by atoms with Crippen molar-refractivity contribution in [1.82, 2.24) is 19.1 Å². The summed E-state index contributed by atoms with van der Waals surface area (Å²) in [7, 11) is -4.95. The van der Waals surface area contributed by atoms with Crippen LogP contribution in [-0.4, -0.2) is 83.6 Å². The van der Waals surface area contributed by atoms with Crippen LogP contribution in [0, 0.1) is 19.8 Å². The van der Waals surface area contributed by atoms with Gasteiger partial charge in [0.1, 0.15) is 30.8 Å². The average Bonchev–Trinajstić information content (AvgIpc) is 3.41. The number of aliphatic hydroxyl groups excluding tert-OH is 3. The van der Waals surface area contributed by atoms with Crippen molar-refractivity contribution >= 4 is 7.82 Å². The van der Waals surface area contributed by atoms with E-state index in [0.717, 1.165) is 9.13 Å². The Labute approximate surface area is 268 Å². The molecule has 8 atom stereocenters. The maximum Gasteiger partial charge on any atom is 1.00 e. The molecule has 1 unspecified atom stereocenters. The number of nitrogens with zero attached hydrogens (tertiary/aromatic N) is 3. The molecule has 2 aliphatic rings. The maximum atomic E-state index is 12.8. The first-order valence-electron chi connectivity index (χ1n) is 11.8. The molecule has 17 nitrogen and oxygen atoms in total. The molecule has 4 heterocycles. The molecule has 216 valence electrons. The van der Waals surface area contributed by atoms with E-state index in [-0.39, 0.29) is 68.9 Å². The predicted octanol–water partition coefficient (Wildman–Crippen LogP) is -5.86. The summed E-state index contributed by atoms with van der Waals surface area (Å²) in [6.45, 7) is 0.803. The molecule has 5 N–H and O–H groups in total. The van der Waals surface area contributed by atoms with Crippen LogP contribution in [-0.2, 0) is 23.1 Å². The van der Waals surface area contributed by atoms with Crippen molar-refractivity contribution in [3.63, 3.8) is 0 Å². The minimum Gasteiger partial charge on any atom is -0.858 e. The van der Waals surface area contributed by atoms with Crippen molar-refractivity contribution < 1.29 is 99.8 Å². The molecule has 2 aliphatic heterocycles. The maximum absolute atomic E-state index is 12.8. The first-order valence-corrected chi connectivity index (χ1v) is 13.3. The van der Waals surface area contributed by atoms with Gasteiger partial charge < -0.3 is 34.8 Å². The van der Waals surface area contributed by atoms with Gasteiger partial charge in [0.2, 0.25) is 0 Å². The molecule has 2 saturated heterocycles. The number of hydrogen-bond acceptors (Lipinski definition) is 13. The summed E-state index contributed by atoms with van der Waals surface area (Å²) < 4.78 is 36.2. The second kappa shape index (κ2) is 13.5. The Balaban J connectivity index is 0.00000441. The van der Waals surface area contributed by atoms with Gasteiger partial charge in [-0.15, -0.1) is 0 Å². The third-order valence-electron chi connectivity index (χ3n) is 6.54. The van der Waals surface area contributed by atoms with Crippen molar-refractivity contribution in [2.75, 3.05) is 19.8 Å². The molecular formula is C21H28KN4O13P. The van der Waals surface area contributed by atoms with Gasteiger partial charge >= 0.3 is 70.6 Å². The number of phosphoric acid groups is 1. The van der Waals surface area contributed by atoms with Crippen LogP contribution in [0.1, 0.15) is 30.0 Å². The average molecular weight is 615 g/mol. The first-order chi connectivity index (χ1) is 18.3. The molecule has 0 saturated carbocycles. The second-order valence-electron chi connectivity index (χ2n) is 9.26. The van der Waals surface area contributed by atoms with E-state index in [1.807, 2.05) is 0 Å². The summed E-state index contributed by atoms with van der Waals surface area (Å²) >= 11 is 0. The van der Waals surface area contributed by atoms with Crippen LogP contribution < -0.4 is 73.4 Å². The Hall–Kier alpha value is -1.09. The van der Waals surface area contributed by atoms with Crippen LogP contribution in [0.5, 0.6) is 5.88 Å². The number of ether oxygens (including phenoxy) is 2. The zero-order valence-corrected chi connectivity index (χ0v) is 25.8. The fraction of sp³-hybridized carbons (Fsp3) is 0.619. The Morgan fingerprint density at radius 2 is 1.80 bits per heavy atom. The van der Waals surface area contributed by atoms with Crippen LogP contribution in [0.2, 0.25) is 0 Å². The number of phosphoric ester groups is 1. The number of aromatic amines is 1. The van der Waals surface area contributed by atoms with Crippen LogP contribution in [0.25, 0.3) is 0 Å². The molecule has 0 radical (unpaired) electrons. The zero-order chi connectivity index (χ0) is 28.6. The molecule has 4 rings (SSSR count). The van der Waals surface area contributed by atoms with Crippen molar-refractivity contribution in [2.45, 2.75) is 57.1 Å². The van der Waals surface area contributed by atoms with Gasteiger partial charge in [-0.2, -0.15) is 0 Å². The number of aryl methyl sites for hydroxylation is 2. The predicted molar refractivity (Wildman–Crippen MR) is 125 cm³/mol. The van der Waals surface area contributed by atoms with E-state index in [1.165, 1.54) is 26.2 Å². The van der Waals surface area contributed by atoms with Gasteiger partial charge in [0.15, 0.2) is 0 Å². The molecule has 0 aliphatic carbocycles. The van der Waals surface area contributed by atoms with Crippen LogP contribution >= 0.6 is 7.82 Å². The van der Waals surface area contributed by atoms with Gasteiger partial charge in [-0.3, -0.25) is 28.0 Å². The van der Waals surface area contributed by atoms with Gasteiger partial charge in [0.25, 0.3) is 5.56 Å². The summed E-state index contributed by atoms with van der Waals surface area (Å²) in [6.07, 6.45) is -5.07. The molecule has 0 spiro atoms. The molecule has 19 heteroatoms. The molecular weight excluding hydrogens is 586 g/mol. The molecule has 0 aromatic carbocycles. The third-order valence-corrected chi connectivity index (χ3v) is 7.52. The third kappa shape index (κ3) is 7.09. The van der Waals surface area contributed by atoms with E-state index < -0.39 is 93.3 Å². The van der Waals surface area contributed by atoms with Gasteiger partial charge in [-0.25, -0.2) is 19.1 Å². The molecule has 2 aromatic rings. The minimum absolute atomic E-state index is 0. The second-order valence-corrected chi connectivity index (χ2v) is 10.7. The van der Waals surface area contributed by atoms with Crippen molar-refractivity contribution in [3.05, 3.63) is 54.8 Å². The molecule has 0 bridgehead atoms. The van der Waals surface area contributed by atoms with Crippen LogP contribution in [0.3, 0.4) is 0 Å². The monoisotopic (exact) mass is 614 g/mol. The Morgan fingerprint density at radius 3 is 2.45 bits per heavy atom. The quantitative estimate of drug-likeness (QED) is 0.130. The van der Waals surface area contributed by atoms with E-state index in [2.05, 4.69) is 9.97 Å². The van der Waals surface area contributed by atoms with Crippen molar-refractivity contribution in [3.8, 4) is 5.88 Å². The minimum atomic E-state index is -4.95. The number of hydrogen-bond donors (Lipinski definition) is 5. The topological polar surface area (TPSA) is 248 Å². The summed E-state index contributed by atoms with van der Waals surface area (Å²) in [6, 6.07) is 0. The molecule has 2 fully saturated rings. The van der Waals surface area contributed by atoms with Crippen molar-refractivity contribution in [2.24, 2.45) is 5.92 Å². The Kier molecular flexibility index (Phi) is 11.3. The summed E-state index contributed by atoms with van der Waals surface area (Å²) in [5.74, 6) is -1.84. The molecule has 40 heavy (non-hydrogen) atoms. The summed E-state index contributed by atoms with van der Waals surface area (Å²) in [5, 5.41) is 41.6. The number of nitrogens with one attached hydrogen (secondary N) is 1. The van der Waals surface area contributed by atoms with E-state index in [1.54, 1.807) is 0 Å². The largest absolute Gasteiger partial charge is 1.00 e. The van der Waals surface area contributed by atoms with Crippen molar-refractivity contribution in [1.29, 1.82) is 0 Å². The van der Waals surface area contributed by atoms with E-state index in [4.69, 9.17) is 18.5 Å². The normalized spacial score (nSPS) is 29.7. The number of H-pyrrole nitrogens is 1. The smallest absolute Gasteiger partial charge is 0.858 e. The van der Waals surface area contributed by atoms with E-state index in [0.29, 0.717) is 0 Å². The van der Waals surface area contributed by atoms with Gasteiger partial charge in [0.05, 0.1) is 31.8 Å². The van der Waals surface area contributed by atoms with Gasteiger partial charge in [-0.05, 0) is 25.3 Å². The van der Waals surface area contributed by atoms with Gasteiger partial charge in [0, 0.05) is 24.4 Å². The number of aliphatic hydroxyl groups is 3. The fourth-order valence-electron chi connectivity index (χ4n) is 4.48. The molecule has 2 aromatic heterocycles. The summed E-state index contributed by atoms with van der Waals surface area (Å²) in [4.78, 5) is 51.9. The Bertz CT molecular complexity index is 1430.